The Kier molecular flexibility index (Phi) is 3.99. The molecule has 2 saturated heterocycles. The van der Waals surface area contributed by atoms with Gasteiger partial charge in [-0.2, -0.15) is 0 Å². The summed E-state index contributed by atoms with van der Waals surface area (Å²) < 4.78 is 0.698. The quantitative estimate of drug-likeness (QED) is 0.450. The van der Waals surface area contributed by atoms with E-state index in [1.54, 1.807) is 0 Å². The molecule has 1 unspecified atom stereocenters. The summed E-state index contributed by atoms with van der Waals surface area (Å²) in [4.78, 5) is 13.2. The van der Waals surface area contributed by atoms with Gasteiger partial charge in [-0.3, -0.25) is 4.90 Å². The summed E-state index contributed by atoms with van der Waals surface area (Å²) in [6, 6.07) is 1.85. The van der Waals surface area contributed by atoms with E-state index in [1.165, 1.54) is 25.7 Å². The maximum absolute atomic E-state index is 10.2. The van der Waals surface area contributed by atoms with Gasteiger partial charge in [-0.05, 0) is 31.6 Å². The van der Waals surface area contributed by atoms with Crippen molar-refractivity contribution in [3.8, 4) is 0 Å². The third-order valence-corrected chi connectivity index (χ3v) is 5.98. The van der Waals surface area contributed by atoms with E-state index in [9.17, 15) is 5.11 Å². The van der Waals surface area contributed by atoms with E-state index in [0.717, 1.165) is 32.0 Å². The lowest BCUT2D eigenvalue weighted by Crippen LogP contribution is -2.61. The van der Waals surface area contributed by atoms with Crippen LogP contribution in [0.5, 0.6) is 0 Å². The van der Waals surface area contributed by atoms with E-state index in [-0.39, 0.29) is 6.23 Å². The maximum Gasteiger partial charge on any atom is 0.194 e. The molecule has 0 radical (unpaired) electrons. The number of aliphatic hydroxyl groups excluding tert-OH is 1. The van der Waals surface area contributed by atoms with E-state index in [2.05, 4.69) is 42.4 Å². The topological polar surface area (TPSA) is 52.5 Å². The van der Waals surface area contributed by atoms with E-state index < -0.39 is 0 Å². The van der Waals surface area contributed by atoms with Crippen molar-refractivity contribution in [2.75, 3.05) is 31.1 Å². The van der Waals surface area contributed by atoms with Crippen LogP contribution in [-0.4, -0.2) is 52.4 Å². The molecule has 120 valence electrons. The standard InChI is InChI=1S/C15H20ClIN4O/c16-11-7-12(19-14(17)18-11)21-8-15(9-21)3-5-20(6-4-15)13(22)10-1-2-10/h7,10,13,22H,1-6,8-9H2. The van der Waals surface area contributed by atoms with E-state index in [1.807, 2.05) is 6.07 Å². The highest BCUT2D eigenvalue weighted by atomic mass is 127. The predicted molar refractivity (Wildman–Crippen MR) is 93.9 cm³/mol. The second kappa shape index (κ2) is 5.72. The molecule has 1 N–H and O–H groups in total. The number of piperidine rings is 1. The second-order valence-electron chi connectivity index (χ2n) is 6.96. The Morgan fingerprint density at radius 2 is 1.95 bits per heavy atom. The van der Waals surface area contributed by atoms with Crippen LogP contribution in [0.25, 0.3) is 0 Å². The zero-order valence-corrected chi connectivity index (χ0v) is 15.3. The number of hydrogen-bond donors (Lipinski definition) is 1. The van der Waals surface area contributed by atoms with Gasteiger partial charge < -0.3 is 10.0 Å². The van der Waals surface area contributed by atoms with Crippen LogP contribution in [0.4, 0.5) is 5.82 Å². The molecule has 7 heteroatoms. The number of rotatable bonds is 3. The summed E-state index contributed by atoms with van der Waals surface area (Å²) in [5.41, 5.74) is 0.405. The molecule has 1 atom stereocenters. The Morgan fingerprint density at radius 3 is 2.55 bits per heavy atom. The number of nitrogens with zero attached hydrogens (tertiary/aromatic N) is 4. The highest BCUT2D eigenvalue weighted by Gasteiger charge is 2.47. The first kappa shape index (κ1) is 15.4. The number of halogens is 2. The molecule has 0 amide bonds. The van der Waals surface area contributed by atoms with Crippen LogP contribution >= 0.6 is 34.2 Å². The Balaban J connectivity index is 1.35. The van der Waals surface area contributed by atoms with Crippen molar-refractivity contribution < 1.29 is 5.11 Å². The summed E-state index contributed by atoms with van der Waals surface area (Å²) in [7, 11) is 0. The number of aliphatic hydroxyl groups is 1. The number of anilines is 1. The average molecular weight is 435 g/mol. The van der Waals surface area contributed by atoms with Crippen molar-refractivity contribution >= 4 is 40.0 Å². The first-order valence-electron chi connectivity index (χ1n) is 7.92. The molecular weight excluding hydrogens is 415 g/mol. The minimum Gasteiger partial charge on any atom is -0.378 e. The van der Waals surface area contributed by atoms with Crippen LogP contribution in [-0.2, 0) is 0 Å². The normalized spacial score (nSPS) is 26.0. The molecule has 0 bridgehead atoms. The molecule has 0 aromatic carbocycles. The average Bonchev–Trinajstić information content (AvgIpc) is 3.27. The number of hydrogen-bond acceptors (Lipinski definition) is 5. The van der Waals surface area contributed by atoms with Gasteiger partial charge >= 0.3 is 0 Å². The van der Waals surface area contributed by atoms with Gasteiger partial charge in [0.2, 0.25) is 0 Å². The van der Waals surface area contributed by atoms with E-state index in [0.29, 0.717) is 20.3 Å². The molecule has 3 aliphatic rings. The first-order valence-corrected chi connectivity index (χ1v) is 9.38. The fraction of sp³-hybridized carbons (Fsp3) is 0.733. The van der Waals surface area contributed by atoms with Crippen LogP contribution in [0, 0.1) is 15.2 Å². The smallest absolute Gasteiger partial charge is 0.194 e. The third kappa shape index (κ3) is 2.95. The molecular formula is C15H20ClIN4O. The summed E-state index contributed by atoms with van der Waals surface area (Å²) in [6.07, 6.45) is 4.54. The largest absolute Gasteiger partial charge is 0.378 e. The van der Waals surface area contributed by atoms with Gasteiger partial charge in [0, 0.05) is 60.3 Å². The van der Waals surface area contributed by atoms with Gasteiger partial charge in [0.25, 0.3) is 0 Å². The molecule has 1 spiro atoms. The summed E-state index contributed by atoms with van der Waals surface area (Å²) in [6.45, 7) is 4.13. The van der Waals surface area contributed by atoms with Crippen LogP contribution in [0.2, 0.25) is 5.15 Å². The van der Waals surface area contributed by atoms with Gasteiger partial charge in [0.15, 0.2) is 3.83 Å². The van der Waals surface area contributed by atoms with Gasteiger partial charge in [-0.15, -0.1) is 0 Å². The predicted octanol–water partition coefficient (Wildman–Crippen LogP) is 2.37. The summed E-state index contributed by atoms with van der Waals surface area (Å²) in [5.74, 6) is 1.48. The molecule has 5 nitrogen and oxygen atoms in total. The fourth-order valence-electron chi connectivity index (χ4n) is 3.74. The van der Waals surface area contributed by atoms with E-state index >= 15 is 0 Å². The third-order valence-electron chi connectivity index (χ3n) is 5.31. The van der Waals surface area contributed by atoms with Gasteiger partial charge in [-0.1, -0.05) is 11.6 Å². The van der Waals surface area contributed by atoms with Crippen molar-refractivity contribution in [3.63, 3.8) is 0 Å². The van der Waals surface area contributed by atoms with Crippen LogP contribution in [0.3, 0.4) is 0 Å². The molecule has 1 aromatic heterocycles. The van der Waals surface area contributed by atoms with Crippen LogP contribution in [0.15, 0.2) is 6.07 Å². The number of aromatic nitrogens is 2. The highest BCUT2D eigenvalue weighted by Crippen LogP contribution is 2.44. The highest BCUT2D eigenvalue weighted by molar-refractivity contribution is 14.1. The fourth-order valence-corrected chi connectivity index (χ4v) is 4.57. The first-order chi connectivity index (χ1) is 10.5. The molecule has 22 heavy (non-hydrogen) atoms. The van der Waals surface area contributed by atoms with Crippen molar-refractivity contribution in [3.05, 3.63) is 15.1 Å². The molecule has 3 fully saturated rings. The monoisotopic (exact) mass is 434 g/mol. The van der Waals surface area contributed by atoms with Crippen LogP contribution < -0.4 is 4.90 Å². The summed E-state index contributed by atoms with van der Waals surface area (Å²) in [5, 5.41) is 10.8. The molecule has 3 heterocycles. The van der Waals surface area contributed by atoms with Crippen molar-refractivity contribution in [2.24, 2.45) is 11.3 Å². The van der Waals surface area contributed by atoms with Gasteiger partial charge in [-0.25, -0.2) is 9.97 Å². The lowest BCUT2D eigenvalue weighted by molar-refractivity contribution is -0.0524. The molecule has 2 aliphatic heterocycles. The van der Waals surface area contributed by atoms with Crippen molar-refractivity contribution in [1.29, 1.82) is 0 Å². The minimum absolute atomic E-state index is 0.198. The molecule has 1 saturated carbocycles. The van der Waals surface area contributed by atoms with Crippen LogP contribution in [0.1, 0.15) is 25.7 Å². The Labute approximate surface area is 149 Å². The second-order valence-corrected chi connectivity index (χ2v) is 8.31. The Bertz CT molecular complexity index is 546. The lowest BCUT2D eigenvalue weighted by atomic mass is 9.72. The number of likely N-dealkylation sites (tertiary alicyclic amines) is 1. The van der Waals surface area contributed by atoms with Crippen molar-refractivity contribution in [2.45, 2.75) is 31.9 Å². The van der Waals surface area contributed by atoms with Gasteiger partial charge in [0.05, 0.1) is 0 Å². The maximum atomic E-state index is 10.2. The minimum atomic E-state index is -0.198. The molecule has 1 aromatic rings. The SMILES string of the molecule is OC(C1CC1)N1CCC2(CC1)CN(c1cc(Cl)nc(I)n1)C2. The lowest BCUT2D eigenvalue weighted by Gasteiger charge is -2.55. The Morgan fingerprint density at radius 1 is 1.27 bits per heavy atom. The summed E-state index contributed by atoms with van der Waals surface area (Å²) >= 11 is 8.13. The zero-order chi connectivity index (χ0) is 15.3. The molecule has 1 aliphatic carbocycles. The van der Waals surface area contributed by atoms with Gasteiger partial charge in [0.1, 0.15) is 17.2 Å². The zero-order valence-electron chi connectivity index (χ0n) is 12.4. The molecule has 4 rings (SSSR count). The van der Waals surface area contributed by atoms with E-state index in [4.69, 9.17) is 11.6 Å². The van der Waals surface area contributed by atoms with Crippen molar-refractivity contribution in [1.82, 2.24) is 14.9 Å². The Hall–Kier alpha value is -0.180.